The first kappa shape index (κ1) is 23.0. The van der Waals surface area contributed by atoms with Crippen molar-refractivity contribution in [2.75, 3.05) is 56.1 Å². The molecule has 0 unspecified atom stereocenters. The first-order chi connectivity index (χ1) is 16.0. The van der Waals surface area contributed by atoms with Crippen LogP contribution in [0, 0.1) is 20.8 Å². The van der Waals surface area contributed by atoms with Gasteiger partial charge in [0.2, 0.25) is 5.82 Å². The molecule has 0 bridgehead atoms. The van der Waals surface area contributed by atoms with Gasteiger partial charge in [0.1, 0.15) is 11.2 Å². The lowest BCUT2D eigenvalue weighted by atomic mass is 10.1. The molecule has 33 heavy (non-hydrogen) atoms. The van der Waals surface area contributed by atoms with E-state index in [0.29, 0.717) is 16.9 Å². The van der Waals surface area contributed by atoms with Gasteiger partial charge in [0.25, 0.3) is 5.71 Å². The normalized spacial score (nSPS) is 14.6. The third-order valence-corrected chi connectivity index (χ3v) is 5.99. The van der Waals surface area contributed by atoms with Gasteiger partial charge < -0.3 is 19.5 Å². The number of nitrogens with one attached hydrogen (secondary N) is 1. The van der Waals surface area contributed by atoms with E-state index in [4.69, 9.17) is 9.26 Å². The molecule has 9 heteroatoms. The van der Waals surface area contributed by atoms with E-state index in [1.165, 1.54) is 16.8 Å². The van der Waals surface area contributed by atoms with Gasteiger partial charge in [0.15, 0.2) is 0 Å². The summed E-state index contributed by atoms with van der Waals surface area (Å²) in [5.41, 5.74) is 4.96. The van der Waals surface area contributed by atoms with E-state index in [2.05, 4.69) is 62.3 Å². The Morgan fingerprint density at radius 2 is 1.94 bits per heavy atom. The molecule has 1 N–H and O–H groups in total. The number of carbonyl (C=O) groups excluding carboxylic acids is 1. The molecule has 0 aliphatic carbocycles. The third-order valence-electron chi connectivity index (χ3n) is 5.99. The number of hydrogen-bond acceptors (Lipinski definition) is 9. The summed E-state index contributed by atoms with van der Waals surface area (Å²) in [6.07, 6.45) is 0.952. The predicted molar refractivity (Wildman–Crippen MR) is 128 cm³/mol. The van der Waals surface area contributed by atoms with E-state index >= 15 is 0 Å². The second kappa shape index (κ2) is 10.2. The largest absolute Gasteiger partial charge is 0.460 e. The van der Waals surface area contributed by atoms with Gasteiger partial charge in [-0.05, 0) is 57.9 Å². The fraction of sp³-hybridized carbons (Fsp3) is 0.500. The average Bonchev–Trinajstić information content (AvgIpc) is 3.19. The summed E-state index contributed by atoms with van der Waals surface area (Å²) >= 11 is 0. The average molecular weight is 453 g/mol. The standard InChI is InChI=1S/C24H32N6O3/c1-5-32-24(31)22-26-21(20-18(4)28-33-23(20)27-22)25-9-6-10-29-11-13-30(14-12-29)19-15-16(2)7-8-17(19)3/h7-8,15H,5-6,9-14H2,1-4H3,(H,25,26,27). The highest BCUT2D eigenvalue weighted by Crippen LogP contribution is 2.25. The molecule has 176 valence electrons. The monoisotopic (exact) mass is 452 g/mol. The van der Waals surface area contributed by atoms with Crippen LogP contribution in [0.15, 0.2) is 22.7 Å². The minimum Gasteiger partial charge on any atom is -0.460 e. The molecule has 3 heterocycles. The summed E-state index contributed by atoms with van der Waals surface area (Å²) in [7, 11) is 0. The van der Waals surface area contributed by atoms with Crippen molar-refractivity contribution >= 4 is 28.6 Å². The Bertz CT molecular complexity index is 1120. The number of aromatic nitrogens is 3. The van der Waals surface area contributed by atoms with Crippen LogP contribution in [-0.4, -0.2) is 71.9 Å². The lowest BCUT2D eigenvalue weighted by Gasteiger charge is -2.37. The minimum absolute atomic E-state index is 0.0226. The van der Waals surface area contributed by atoms with Crippen molar-refractivity contribution < 1.29 is 14.1 Å². The number of carbonyl (C=O) groups is 1. The molecule has 0 saturated carbocycles. The maximum absolute atomic E-state index is 12.1. The van der Waals surface area contributed by atoms with Crippen molar-refractivity contribution in [1.82, 2.24) is 20.0 Å². The van der Waals surface area contributed by atoms with Gasteiger partial charge in [0, 0.05) is 38.4 Å². The molecular formula is C24H32N6O3. The SMILES string of the molecule is CCOC(=O)c1nc(NCCCN2CCN(c3cc(C)ccc3C)CC2)c2c(C)noc2n1. The van der Waals surface area contributed by atoms with Crippen molar-refractivity contribution in [3.8, 4) is 0 Å². The molecule has 0 atom stereocenters. The van der Waals surface area contributed by atoms with Crippen LogP contribution in [0.2, 0.25) is 0 Å². The number of anilines is 2. The molecule has 1 aromatic carbocycles. The Balaban J connectivity index is 1.31. The van der Waals surface area contributed by atoms with E-state index in [1.54, 1.807) is 6.92 Å². The zero-order valence-electron chi connectivity index (χ0n) is 19.8. The number of aryl methyl sites for hydroxylation is 3. The minimum atomic E-state index is -0.571. The summed E-state index contributed by atoms with van der Waals surface area (Å²) in [6, 6.07) is 6.66. The van der Waals surface area contributed by atoms with E-state index in [1.807, 2.05) is 6.92 Å². The van der Waals surface area contributed by atoms with Crippen molar-refractivity contribution in [3.63, 3.8) is 0 Å². The van der Waals surface area contributed by atoms with E-state index in [-0.39, 0.29) is 18.1 Å². The van der Waals surface area contributed by atoms with Crippen LogP contribution >= 0.6 is 0 Å². The number of esters is 1. The summed E-state index contributed by atoms with van der Waals surface area (Å²) in [5.74, 6) is -0.0367. The van der Waals surface area contributed by atoms with Crippen LogP contribution in [0.25, 0.3) is 11.1 Å². The Morgan fingerprint density at radius 3 is 2.70 bits per heavy atom. The number of ether oxygens (including phenoxy) is 1. The second-order valence-electron chi connectivity index (χ2n) is 8.46. The highest BCUT2D eigenvalue weighted by Gasteiger charge is 2.20. The number of hydrogen-bond donors (Lipinski definition) is 1. The Hall–Kier alpha value is -3.20. The molecule has 0 spiro atoms. The van der Waals surface area contributed by atoms with Gasteiger partial charge in [-0.3, -0.25) is 4.90 Å². The van der Waals surface area contributed by atoms with Gasteiger partial charge in [-0.1, -0.05) is 17.3 Å². The number of benzene rings is 1. The summed E-state index contributed by atoms with van der Waals surface area (Å²) in [5, 5.41) is 8.01. The first-order valence-corrected chi connectivity index (χ1v) is 11.6. The van der Waals surface area contributed by atoms with E-state index in [9.17, 15) is 4.79 Å². The van der Waals surface area contributed by atoms with Crippen molar-refractivity contribution in [1.29, 1.82) is 0 Å². The van der Waals surface area contributed by atoms with E-state index in [0.717, 1.165) is 45.7 Å². The highest BCUT2D eigenvalue weighted by atomic mass is 16.5. The molecular weight excluding hydrogens is 420 g/mol. The van der Waals surface area contributed by atoms with Gasteiger partial charge in [0.05, 0.1) is 12.3 Å². The zero-order valence-corrected chi connectivity index (χ0v) is 19.8. The number of rotatable bonds is 8. The van der Waals surface area contributed by atoms with Crippen LogP contribution in [0.3, 0.4) is 0 Å². The lowest BCUT2D eigenvalue weighted by molar-refractivity contribution is 0.0512. The van der Waals surface area contributed by atoms with Gasteiger partial charge >= 0.3 is 5.97 Å². The van der Waals surface area contributed by atoms with Crippen LogP contribution in [0.4, 0.5) is 11.5 Å². The molecule has 1 aliphatic heterocycles. The molecule has 0 amide bonds. The maximum Gasteiger partial charge on any atom is 0.376 e. The second-order valence-corrected chi connectivity index (χ2v) is 8.46. The molecule has 4 rings (SSSR count). The highest BCUT2D eigenvalue weighted by molar-refractivity contribution is 5.93. The van der Waals surface area contributed by atoms with Crippen LogP contribution < -0.4 is 10.2 Å². The number of piperazine rings is 1. The quantitative estimate of drug-likeness (QED) is 0.408. The summed E-state index contributed by atoms with van der Waals surface area (Å²) in [6.45, 7) is 14.0. The molecule has 9 nitrogen and oxygen atoms in total. The summed E-state index contributed by atoms with van der Waals surface area (Å²) < 4.78 is 10.3. The Morgan fingerprint density at radius 1 is 1.15 bits per heavy atom. The number of fused-ring (bicyclic) bond motifs is 1. The Kier molecular flexibility index (Phi) is 7.08. The van der Waals surface area contributed by atoms with Crippen molar-refractivity contribution in [2.24, 2.45) is 0 Å². The number of nitrogens with zero attached hydrogens (tertiary/aromatic N) is 5. The topological polar surface area (TPSA) is 96.6 Å². The van der Waals surface area contributed by atoms with Gasteiger partial charge in [-0.25, -0.2) is 9.78 Å². The fourth-order valence-corrected chi connectivity index (χ4v) is 4.19. The molecule has 2 aromatic heterocycles. The Labute approximate surface area is 194 Å². The zero-order chi connectivity index (χ0) is 23.4. The summed E-state index contributed by atoms with van der Waals surface area (Å²) in [4.78, 5) is 25.6. The molecule has 1 aliphatic rings. The first-order valence-electron chi connectivity index (χ1n) is 11.6. The smallest absolute Gasteiger partial charge is 0.376 e. The van der Waals surface area contributed by atoms with Crippen LogP contribution in [0.5, 0.6) is 0 Å². The van der Waals surface area contributed by atoms with Crippen molar-refractivity contribution in [3.05, 3.63) is 40.8 Å². The van der Waals surface area contributed by atoms with Crippen molar-refractivity contribution in [2.45, 2.75) is 34.1 Å². The molecule has 3 aromatic rings. The van der Waals surface area contributed by atoms with Gasteiger partial charge in [-0.2, -0.15) is 4.98 Å². The molecule has 1 fully saturated rings. The molecule has 1 saturated heterocycles. The lowest BCUT2D eigenvalue weighted by Crippen LogP contribution is -2.47. The van der Waals surface area contributed by atoms with Gasteiger partial charge in [-0.15, -0.1) is 0 Å². The van der Waals surface area contributed by atoms with Crippen LogP contribution in [0.1, 0.15) is 40.8 Å². The third kappa shape index (κ3) is 5.24. The maximum atomic E-state index is 12.1. The van der Waals surface area contributed by atoms with Crippen LogP contribution in [-0.2, 0) is 4.74 Å². The predicted octanol–water partition coefficient (Wildman–Crippen LogP) is 3.34. The fourth-order valence-electron chi connectivity index (χ4n) is 4.19. The van der Waals surface area contributed by atoms with E-state index < -0.39 is 5.97 Å². The molecule has 0 radical (unpaired) electrons.